The van der Waals surface area contributed by atoms with E-state index >= 15 is 0 Å². The number of aromatic nitrogens is 6. The van der Waals surface area contributed by atoms with Crippen LogP contribution < -0.4 is 5.32 Å². The molecule has 0 aliphatic heterocycles. The van der Waals surface area contributed by atoms with Crippen molar-refractivity contribution in [1.82, 2.24) is 35.3 Å². The van der Waals surface area contributed by atoms with Crippen molar-refractivity contribution >= 4 is 16.8 Å². The molecule has 0 saturated heterocycles. The molecule has 5 rings (SSSR count). The van der Waals surface area contributed by atoms with Gasteiger partial charge in [-0.05, 0) is 31.7 Å². The summed E-state index contributed by atoms with van der Waals surface area (Å²) < 4.78 is 38.7. The second-order valence-electron chi connectivity index (χ2n) is 8.38. The summed E-state index contributed by atoms with van der Waals surface area (Å²) in [6.07, 6.45) is 3.19. The van der Waals surface area contributed by atoms with Gasteiger partial charge in [-0.25, -0.2) is 18.7 Å². The smallest absolute Gasteiger partial charge is 0.282 e. The lowest BCUT2D eigenvalue weighted by Gasteiger charge is -2.27. The average Bonchev–Trinajstić information content (AvgIpc) is 3.50. The molecule has 0 radical (unpaired) electrons. The third kappa shape index (κ3) is 4.74. The largest absolute Gasteiger partial charge is 0.422 e. The summed E-state index contributed by atoms with van der Waals surface area (Å²) in [5.41, 5.74) is 0.409. The van der Waals surface area contributed by atoms with Crippen LogP contribution in [0.4, 0.5) is 8.78 Å². The van der Waals surface area contributed by atoms with Gasteiger partial charge >= 0.3 is 0 Å². The minimum atomic E-state index is -2.73. The van der Waals surface area contributed by atoms with Gasteiger partial charge in [0.1, 0.15) is 12.3 Å². The molecule has 35 heavy (non-hydrogen) atoms. The molecule has 1 aliphatic rings. The van der Waals surface area contributed by atoms with Crippen molar-refractivity contribution < 1.29 is 22.7 Å². The molecule has 182 valence electrons. The number of carbonyl (C=O) groups excluding carboxylic acids is 1. The number of alkyl halides is 2. The Bertz CT molecular complexity index is 1310. The highest BCUT2D eigenvalue weighted by atomic mass is 19.3. The molecule has 1 N–H and O–H groups in total. The zero-order valence-electron chi connectivity index (χ0n) is 18.9. The van der Waals surface area contributed by atoms with Crippen LogP contribution >= 0.6 is 0 Å². The summed E-state index contributed by atoms with van der Waals surface area (Å²) in [6.45, 7) is 0.281. The second-order valence-corrected chi connectivity index (χ2v) is 8.38. The topological polar surface area (TPSA) is 121 Å². The minimum absolute atomic E-state index is 0.00320. The summed E-state index contributed by atoms with van der Waals surface area (Å²) in [5, 5.41) is 15.4. The fourth-order valence-corrected chi connectivity index (χ4v) is 4.32. The predicted molar refractivity (Wildman–Crippen MR) is 119 cm³/mol. The molecule has 1 aliphatic carbocycles. The first-order valence-electron chi connectivity index (χ1n) is 11.2. The number of fused-ring (bicyclic) bond motifs is 1. The van der Waals surface area contributed by atoms with Crippen LogP contribution in [0.25, 0.3) is 16.9 Å². The molecule has 0 atom stereocenters. The van der Waals surface area contributed by atoms with Crippen molar-refractivity contribution in [1.29, 1.82) is 0 Å². The number of para-hydroxylation sites is 1. The SMILES string of the molecule is COCc1nnc([C@H]2CC[C@H](NC(=O)c3cnc(-n4nc(C(F)F)c5ccccc54)nc3)CC2)o1. The quantitative estimate of drug-likeness (QED) is 0.422. The van der Waals surface area contributed by atoms with E-state index < -0.39 is 6.43 Å². The van der Waals surface area contributed by atoms with E-state index in [0.29, 0.717) is 22.7 Å². The predicted octanol–water partition coefficient (Wildman–Crippen LogP) is 3.74. The third-order valence-electron chi connectivity index (χ3n) is 6.07. The summed E-state index contributed by atoms with van der Waals surface area (Å²) >= 11 is 0. The van der Waals surface area contributed by atoms with Gasteiger partial charge in [-0.1, -0.05) is 18.2 Å². The first-order valence-corrected chi connectivity index (χ1v) is 11.2. The summed E-state index contributed by atoms with van der Waals surface area (Å²) in [5.74, 6) is 1.03. The van der Waals surface area contributed by atoms with E-state index in [1.807, 2.05) is 0 Å². The van der Waals surface area contributed by atoms with Crippen LogP contribution in [0.2, 0.25) is 0 Å². The van der Waals surface area contributed by atoms with Crippen LogP contribution in [-0.2, 0) is 11.3 Å². The van der Waals surface area contributed by atoms with Crippen LogP contribution in [0.3, 0.4) is 0 Å². The molecule has 1 aromatic carbocycles. The molecule has 4 aromatic rings. The molecule has 1 saturated carbocycles. The van der Waals surface area contributed by atoms with Gasteiger partial charge in [0.15, 0.2) is 0 Å². The van der Waals surface area contributed by atoms with E-state index in [9.17, 15) is 13.6 Å². The van der Waals surface area contributed by atoms with E-state index in [1.165, 1.54) is 17.1 Å². The van der Waals surface area contributed by atoms with E-state index in [1.54, 1.807) is 31.4 Å². The first-order chi connectivity index (χ1) is 17.0. The number of halogens is 2. The van der Waals surface area contributed by atoms with Gasteiger partial charge in [-0.2, -0.15) is 9.78 Å². The number of methoxy groups -OCH3 is 1. The van der Waals surface area contributed by atoms with Gasteiger partial charge < -0.3 is 14.5 Å². The standard InChI is InChI=1S/C23H23F2N7O3/c1-34-12-18-29-30-22(35-18)13-6-8-15(9-7-13)28-21(33)14-10-26-23(27-11-14)32-17-5-3-2-4-16(17)19(31-32)20(24)25/h2-5,10-11,13,15,20H,6-9,12H2,1H3,(H,28,33)/t13-,15-. The van der Waals surface area contributed by atoms with Gasteiger partial charge in [-0.3, -0.25) is 4.79 Å². The number of hydrogen-bond acceptors (Lipinski definition) is 8. The maximum Gasteiger partial charge on any atom is 0.282 e. The fourth-order valence-electron chi connectivity index (χ4n) is 4.32. The zero-order valence-corrected chi connectivity index (χ0v) is 18.9. The molecule has 0 spiro atoms. The molecule has 0 bridgehead atoms. The number of ether oxygens (including phenoxy) is 1. The van der Waals surface area contributed by atoms with Gasteiger partial charge in [-0.15, -0.1) is 10.2 Å². The molecular formula is C23H23F2N7O3. The van der Waals surface area contributed by atoms with Crippen LogP contribution in [0, 0.1) is 0 Å². The van der Waals surface area contributed by atoms with Crippen molar-refractivity contribution in [3.63, 3.8) is 0 Å². The van der Waals surface area contributed by atoms with Crippen molar-refractivity contribution in [2.24, 2.45) is 0 Å². The fraction of sp³-hybridized carbons (Fsp3) is 0.391. The normalized spacial score (nSPS) is 18.3. The van der Waals surface area contributed by atoms with Gasteiger partial charge in [0.2, 0.25) is 11.8 Å². The summed E-state index contributed by atoms with van der Waals surface area (Å²) in [4.78, 5) is 21.1. The molecule has 0 unspecified atom stereocenters. The molecule has 3 heterocycles. The average molecular weight is 483 g/mol. The Morgan fingerprint density at radius 1 is 1.17 bits per heavy atom. The minimum Gasteiger partial charge on any atom is -0.422 e. The number of nitrogens with one attached hydrogen (secondary N) is 1. The van der Waals surface area contributed by atoms with Crippen molar-refractivity contribution in [2.45, 2.75) is 50.7 Å². The highest BCUT2D eigenvalue weighted by molar-refractivity contribution is 5.93. The number of nitrogens with zero attached hydrogens (tertiary/aromatic N) is 6. The summed E-state index contributed by atoms with van der Waals surface area (Å²) in [7, 11) is 1.57. The van der Waals surface area contributed by atoms with Crippen LogP contribution in [0.15, 0.2) is 41.1 Å². The highest BCUT2D eigenvalue weighted by Crippen LogP contribution is 2.32. The number of hydrogen-bond donors (Lipinski definition) is 1. The Morgan fingerprint density at radius 3 is 2.63 bits per heavy atom. The Labute approximate surface area is 198 Å². The maximum absolute atomic E-state index is 13.4. The van der Waals surface area contributed by atoms with Crippen molar-refractivity contribution in [2.75, 3.05) is 7.11 Å². The second kappa shape index (κ2) is 9.82. The van der Waals surface area contributed by atoms with E-state index in [-0.39, 0.29) is 41.7 Å². The highest BCUT2D eigenvalue weighted by Gasteiger charge is 2.27. The molecule has 1 amide bonds. The lowest BCUT2D eigenvalue weighted by molar-refractivity contribution is 0.0923. The zero-order chi connectivity index (χ0) is 24.4. The summed E-state index contributed by atoms with van der Waals surface area (Å²) in [6, 6.07) is 6.64. The lowest BCUT2D eigenvalue weighted by atomic mass is 9.86. The molecule has 10 nitrogen and oxygen atoms in total. The Balaban J connectivity index is 1.22. The number of amides is 1. The molecular weight excluding hydrogens is 460 g/mol. The van der Waals surface area contributed by atoms with Crippen LogP contribution in [-0.4, -0.2) is 49.0 Å². The van der Waals surface area contributed by atoms with Gasteiger partial charge in [0.25, 0.3) is 18.3 Å². The van der Waals surface area contributed by atoms with Crippen LogP contribution in [0.1, 0.15) is 65.9 Å². The van der Waals surface area contributed by atoms with Crippen molar-refractivity contribution in [3.8, 4) is 5.95 Å². The molecule has 3 aromatic heterocycles. The Kier molecular flexibility index (Phi) is 6.45. The van der Waals surface area contributed by atoms with E-state index in [0.717, 1.165) is 25.7 Å². The Hall–Kier alpha value is -3.80. The lowest BCUT2D eigenvalue weighted by Crippen LogP contribution is -2.37. The first kappa shape index (κ1) is 23.0. The number of benzene rings is 1. The maximum atomic E-state index is 13.4. The van der Waals surface area contributed by atoms with Gasteiger partial charge in [0.05, 0.1) is 11.1 Å². The Morgan fingerprint density at radius 2 is 1.91 bits per heavy atom. The van der Waals surface area contributed by atoms with E-state index in [4.69, 9.17) is 9.15 Å². The number of rotatable bonds is 7. The monoisotopic (exact) mass is 483 g/mol. The molecule has 12 heteroatoms. The molecule has 1 fully saturated rings. The third-order valence-corrected chi connectivity index (χ3v) is 6.07. The van der Waals surface area contributed by atoms with E-state index in [2.05, 4.69) is 30.6 Å². The number of carbonyl (C=O) groups is 1. The van der Waals surface area contributed by atoms with Gasteiger partial charge in [0, 0.05) is 36.8 Å². The van der Waals surface area contributed by atoms with Crippen LogP contribution in [0.5, 0.6) is 0 Å². The van der Waals surface area contributed by atoms with Crippen molar-refractivity contribution in [3.05, 3.63) is 59.7 Å².